The summed E-state index contributed by atoms with van der Waals surface area (Å²) in [5.41, 5.74) is 1.60. The maximum atomic E-state index is 13.1. The molecule has 0 saturated heterocycles. The zero-order valence-electron chi connectivity index (χ0n) is 19.2. The lowest BCUT2D eigenvalue weighted by molar-refractivity contribution is 0.0476. The Morgan fingerprint density at radius 2 is 1.97 bits per heavy atom. The van der Waals surface area contributed by atoms with Gasteiger partial charge in [-0.3, -0.25) is 5.32 Å². The van der Waals surface area contributed by atoms with Crippen molar-refractivity contribution in [3.63, 3.8) is 0 Å². The lowest BCUT2D eigenvalue weighted by atomic mass is 10.1. The van der Waals surface area contributed by atoms with Gasteiger partial charge in [-0.15, -0.1) is 0 Å². The first-order chi connectivity index (χ1) is 17.4. The molecule has 0 aliphatic heterocycles. The van der Waals surface area contributed by atoms with E-state index < -0.39 is 17.7 Å². The Bertz CT molecular complexity index is 1650. The van der Waals surface area contributed by atoms with Crippen LogP contribution in [0.2, 0.25) is 0 Å². The first-order valence-electron chi connectivity index (χ1n) is 10.9. The SMILES string of the molecule is CCOC(=O)Nc1ccc2c(COC(=O)c3cc(-c4ccco4)nc4onc(C)c34)cc(=O)oc2c1. The average Bonchev–Trinajstić information content (AvgIpc) is 3.52. The highest BCUT2D eigenvalue weighted by molar-refractivity contribution is 6.04. The zero-order chi connectivity index (χ0) is 25.2. The van der Waals surface area contributed by atoms with Gasteiger partial charge in [0.25, 0.3) is 5.71 Å². The van der Waals surface area contributed by atoms with Crippen LogP contribution in [0.1, 0.15) is 28.5 Å². The first kappa shape index (κ1) is 22.8. The average molecular weight is 489 g/mol. The van der Waals surface area contributed by atoms with Crippen molar-refractivity contribution in [1.82, 2.24) is 10.1 Å². The maximum Gasteiger partial charge on any atom is 0.411 e. The number of nitrogens with zero attached hydrogens (tertiary/aromatic N) is 2. The van der Waals surface area contributed by atoms with Gasteiger partial charge in [0, 0.05) is 28.8 Å². The molecule has 4 aromatic heterocycles. The van der Waals surface area contributed by atoms with Crippen molar-refractivity contribution in [2.45, 2.75) is 20.5 Å². The number of aryl methyl sites for hydroxylation is 1. The van der Waals surface area contributed by atoms with E-state index in [4.69, 9.17) is 22.8 Å². The van der Waals surface area contributed by atoms with Gasteiger partial charge in [-0.05, 0) is 44.2 Å². The number of hydrogen-bond acceptors (Lipinski definition) is 10. The Hall–Kier alpha value is -4.93. The van der Waals surface area contributed by atoms with Crippen LogP contribution in [0.3, 0.4) is 0 Å². The highest BCUT2D eigenvalue weighted by Crippen LogP contribution is 2.28. The molecule has 5 rings (SSSR count). The Morgan fingerprint density at radius 1 is 1.11 bits per heavy atom. The van der Waals surface area contributed by atoms with Crippen molar-refractivity contribution in [3.8, 4) is 11.5 Å². The molecule has 11 nitrogen and oxygen atoms in total. The van der Waals surface area contributed by atoms with Crippen LogP contribution in [0.25, 0.3) is 33.5 Å². The summed E-state index contributed by atoms with van der Waals surface area (Å²) in [5.74, 6) is -0.220. The number of nitrogens with one attached hydrogen (secondary N) is 1. The van der Waals surface area contributed by atoms with Gasteiger partial charge in [-0.1, -0.05) is 5.16 Å². The predicted molar refractivity (Wildman–Crippen MR) is 126 cm³/mol. The fourth-order valence-corrected chi connectivity index (χ4v) is 3.74. The number of benzene rings is 1. The monoisotopic (exact) mass is 489 g/mol. The third-order valence-corrected chi connectivity index (χ3v) is 5.32. The second-order valence-corrected chi connectivity index (χ2v) is 7.70. The van der Waals surface area contributed by atoms with Crippen LogP contribution in [0.15, 0.2) is 66.9 Å². The van der Waals surface area contributed by atoms with Gasteiger partial charge in [0.15, 0.2) is 5.76 Å². The normalized spacial score (nSPS) is 11.1. The van der Waals surface area contributed by atoms with Gasteiger partial charge in [-0.2, -0.15) is 0 Å². The number of carbonyl (C=O) groups excluding carboxylic acids is 2. The minimum absolute atomic E-state index is 0.167. The summed E-state index contributed by atoms with van der Waals surface area (Å²) in [6, 6.07) is 10.9. The number of fused-ring (bicyclic) bond motifs is 2. The van der Waals surface area contributed by atoms with E-state index in [1.54, 1.807) is 44.2 Å². The molecule has 0 spiro atoms. The molecule has 5 aromatic rings. The molecule has 0 saturated carbocycles. The lowest BCUT2D eigenvalue weighted by Crippen LogP contribution is -2.13. The lowest BCUT2D eigenvalue weighted by Gasteiger charge is -2.10. The quantitative estimate of drug-likeness (QED) is 0.260. The fourth-order valence-electron chi connectivity index (χ4n) is 3.74. The van der Waals surface area contributed by atoms with Gasteiger partial charge < -0.3 is 22.8 Å². The van der Waals surface area contributed by atoms with Crippen LogP contribution in [0, 0.1) is 6.92 Å². The number of aromatic nitrogens is 2. The van der Waals surface area contributed by atoms with Crippen molar-refractivity contribution in [2.75, 3.05) is 11.9 Å². The zero-order valence-corrected chi connectivity index (χ0v) is 19.2. The molecular weight excluding hydrogens is 470 g/mol. The van der Waals surface area contributed by atoms with Crippen LogP contribution in [-0.4, -0.2) is 28.8 Å². The number of amides is 1. The molecule has 4 heterocycles. The van der Waals surface area contributed by atoms with Gasteiger partial charge in [-0.25, -0.2) is 19.4 Å². The molecule has 0 radical (unpaired) electrons. The summed E-state index contributed by atoms with van der Waals surface area (Å²) in [6.45, 7) is 3.38. The van der Waals surface area contributed by atoms with E-state index in [2.05, 4.69) is 15.5 Å². The summed E-state index contributed by atoms with van der Waals surface area (Å²) in [6.07, 6.45) is 0.857. The van der Waals surface area contributed by atoms with E-state index in [1.165, 1.54) is 18.4 Å². The number of pyridine rings is 1. The molecule has 1 amide bonds. The second kappa shape index (κ2) is 9.37. The molecule has 1 aromatic carbocycles. The summed E-state index contributed by atoms with van der Waals surface area (Å²) in [7, 11) is 0. The number of hydrogen-bond donors (Lipinski definition) is 1. The highest BCUT2D eigenvalue weighted by Gasteiger charge is 2.22. The Morgan fingerprint density at radius 3 is 2.75 bits per heavy atom. The Labute approximate surface area is 202 Å². The van der Waals surface area contributed by atoms with Crippen molar-refractivity contribution < 1.29 is 32.4 Å². The molecule has 0 atom stereocenters. The number of anilines is 1. The molecular formula is C25H19N3O8. The number of rotatable bonds is 6. The van der Waals surface area contributed by atoms with E-state index in [0.29, 0.717) is 39.2 Å². The minimum Gasteiger partial charge on any atom is -0.463 e. The van der Waals surface area contributed by atoms with Crippen LogP contribution in [0.5, 0.6) is 0 Å². The Balaban J connectivity index is 1.44. The molecule has 182 valence electrons. The third-order valence-electron chi connectivity index (χ3n) is 5.32. The smallest absolute Gasteiger partial charge is 0.411 e. The topological polar surface area (TPSA) is 147 Å². The molecule has 0 bridgehead atoms. The fraction of sp³-hybridized carbons (Fsp3) is 0.160. The van der Waals surface area contributed by atoms with Crippen molar-refractivity contribution >= 4 is 39.8 Å². The maximum absolute atomic E-state index is 13.1. The minimum atomic E-state index is -0.663. The highest BCUT2D eigenvalue weighted by atomic mass is 16.5. The van der Waals surface area contributed by atoms with E-state index in [1.807, 2.05) is 0 Å². The predicted octanol–water partition coefficient (Wildman–Crippen LogP) is 4.82. The first-order valence-corrected chi connectivity index (χ1v) is 10.9. The van der Waals surface area contributed by atoms with E-state index >= 15 is 0 Å². The van der Waals surface area contributed by atoms with Gasteiger partial charge >= 0.3 is 17.7 Å². The van der Waals surface area contributed by atoms with E-state index in [-0.39, 0.29) is 30.1 Å². The van der Waals surface area contributed by atoms with E-state index in [9.17, 15) is 14.4 Å². The van der Waals surface area contributed by atoms with Crippen molar-refractivity contribution in [1.29, 1.82) is 0 Å². The van der Waals surface area contributed by atoms with Crippen molar-refractivity contribution in [3.05, 3.63) is 76.0 Å². The molecule has 11 heteroatoms. The summed E-state index contributed by atoms with van der Waals surface area (Å²) in [4.78, 5) is 41.4. The van der Waals surface area contributed by atoms with Gasteiger partial charge in [0.1, 0.15) is 17.9 Å². The van der Waals surface area contributed by atoms with Gasteiger partial charge in [0.05, 0.1) is 29.5 Å². The standard InChI is InChI=1S/C25H19N3O8/c1-3-32-25(31)26-15-6-7-16-14(9-21(29)35-20(16)10-15)12-34-24(30)17-11-18(19-5-4-8-33-19)27-23-22(17)13(2)28-36-23/h4-11H,3,12H2,1-2H3,(H,26,31). The molecule has 0 unspecified atom stereocenters. The van der Waals surface area contributed by atoms with Crippen LogP contribution in [-0.2, 0) is 16.1 Å². The van der Waals surface area contributed by atoms with Crippen LogP contribution < -0.4 is 10.9 Å². The number of ether oxygens (including phenoxy) is 2. The molecule has 0 aliphatic carbocycles. The van der Waals surface area contributed by atoms with E-state index in [0.717, 1.165) is 0 Å². The Kier molecular flexibility index (Phi) is 5.95. The van der Waals surface area contributed by atoms with Crippen LogP contribution >= 0.6 is 0 Å². The number of furan rings is 1. The number of esters is 1. The summed E-state index contributed by atoms with van der Waals surface area (Å²) < 4.78 is 26.4. The van der Waals surface area contributed by atoms with Crippen molar-refractivity contribution in [2.24, 2.45) is 0 Å². The second-order valence-electron chi connectivity index (χ2n) is 7.70. The molecule has 0 fully saturated rings. The number of carbonyl (C=O) groups is 2. The largest absolute Gasteiger partial charge is 0.463 e. The third kappa shape index (κ3) is 4.41. The molecule has 1 N–H and O–H groups in total. The van der Waals surface area contributed by atoms with Gasteiger partial charge in [0.2, 0.25) is 0 Å². The molecule has 36 heavy (non-hydrogen) atoms. The molecule has 0 aliphatic rings. The van der Waals surface area contributed by atoms with Crippen LogP contribution in [0.4, 0.5) is 10.5 Å². The summed E-state index contributed by atoms with van der Waals surface area (Å²) in [5, 5.41) is 7.40. The summed E-state index contributed by atoms with van der Waals surface area (Å²) >= 11 is 0.